The van der Waals surface area contributed by atoms with Gasteiger partial charge in [0.25, 0.3) is 5.91 Å². The van der Waals surface area contributed by atoms with Gasteiger partial charge in [0.1, 0.15) is 5.60 Å². The molecule has 6 heteroatoms. The lowest BCUT2D eigenvalue weighted by molar-refractivity contribution is -0.134. The van der Waals surface area contributed by atoms with E-state index in [9.17, 15) is 9.90 Å². The van der Waals surface area contributed by atoms with E-state index in [-0.39, 0.29) is 5.91 Å². The number of benzene rings is 1. The van der Waals surface area contributed by atoms with Crippen LogP contribution < -0.4 is 5.32 Å². The molecule has 4 nitrogen and oxygen atoms in total. The minimum Gasteiger partial charge on any atom is -0.380 e. The predicted octanol–water partition coefficient (Wildman–Crippen LogP) is 2.80. The zero-order valence-corrected chi connectivity index (χ0v) is 12.8. The van der Waals surface area contributed by atoms with Crippen molar-refractivity contribution < 1.29 is 9.90 Å². The summed E-state index contributed by atoms with van der Waals surface area (Å²) in [5, 5.41) is 13.7. The number of hydrogen-bond acceptors (Lipinski definition) is 5. The monoisotopic (exact) mass is 308 g/mol. The molecule has 1 saturated heterocycles. The summed E-state index contributed by atoms with van der Waals surface area (Å²) in [6, 6.07) is 6.00. The smallest absolute Gasteiger partial charge is 0.258 e. The number of rotatable bonds is 2. The number of aryl methyl sites for hydroxylation is 1. The number of aliphatic hydroxyl groups is 1. The quantitative estimate of drug-likeness (QED) is 0.895. The fourth-order valence-electron chi connectivity index (χ4n) is 2.23. The van der Waals surface area contributed by atoms with Gasteiger partial charge in [-0.2, -0.15) is 11.8 Å². The predicted molar refractivity (Wildman–Crippen MR) is 84.5 cm³/mol. The van der Waals surface area contributed by atoms with Gasteiger partial charge in [-0.25, -0.2) is 4.98 Å². The SMILES string of the molecule is Cc1ccc2nc(NC(=O)C3(O)CCSCC3)sc2c1. The highest BCUT2D eigenvalue weighted by molar-refractivity contribution is 7.99. The summed E-state index contributed by atoms with van der Waals surface area (Å²) in [7, 11) is 0. The molecule has 0 radical (unpaired) electrons. The van der Waals surface area contributed by atoms with Gasteiger partial charge in [0.05, 0.1) is 10.2 Å². The number of amides is 1. The Labute approximate surface area is 125 Å². The molecular formula is C14H16N2O2S2. The first-order valence-electron chi connectivity index (χ1n) is 6.56. The number of thioether (sulfide) groups is 1. The van der Waals surface area contributed by atoms with Gasteiger partial charge >= 0.3 is 0 Å². The third-order valence-corrected chi connectivity index (χ3v) is 5.43. The zero-order valence-electron chi connectivity index (χ0n) is 11.2. The Morgan fingerprint density at radius 3 is 2.90 bits per heavy atom. The summed E-state index contributed by atoms with van der Waals surface area (Å²) in [6.07, 6.45) is 1.01. The molecule has 106 valence electrons. The highest BCUT2D eigenvalue weighted by Crippen LogP contribution is 2.30. The topological polar surface area (TPSA) is 62.2 Å². The number of hydrogen-bond donors (Lipinski definition) is 2. The number of anilines is 1. The van der Waals surface area contributed by atoms with E-state index in [0.29, 0.717) is 18.0 Å². The van der Waals surface area contributed by atoms with Crippen LogP contribution in [0.4, 0.5) is 5.13 Å². The highest BCUT2D eigenvalue weighted by Gasteiger charge is 2.37. The molecule has 2 aromatic rings. The molecule has 20 heavy (non-hydrogen) atoms. The number of thiazole rings is 1. The van der Waals surface area contributed by atoms with Crippen LogP contribution in [0, 0.1) is 6.92 Å². The van der Waals surface area contributed by atoms with Crippen LogP contribution in [0.2, 0.25) is 0 Å². The van der Waals surface area contributed by atoms with Crippen molar-refractivity contribution in [2.24, 2.45) is 0 Å². The molecule has 1 aliphatic heterocycles. The van der Waals surface area contributed by atoms with Crippen molar-refractivity contribution in [3.05, 3.63) is 23.8 Å². The second kappa shape index (κ2) is 5.35. The highest BCUT2D eigenvalue weighted by atomic mass is 32.2. The average molecular weight is 308 g/mol. The normalized spacial score (nSPS) is 18.1. The van der Waals surface area contributed by atoms with Gasteiger partial charge < -0.3 is 5.11 Å². The first-order chi connectivity index (χ1) is 9.57. The minimum absolute atomic E-state index is 0.325. The molecular weight excluding hydrogens is 292 g/mol. The standard InChI is InChI=1S/C14H16N2O2S2/c1-9-2-3-10-11(8-9)20-13(15-10)16-12(17)14(18)4-6-19-7-5-14/h2-3,8,18H,4-7H2,1H3,(H,15,16,17). The number of carbonyl (C=O) groups is 1. The Kier molecular flexibility index (Phi) is 3.70. The third kappa shape index (κ3) is 2.68. The average Bonchev–Trinajstić information content (AvgIpc) is 2.81. The molecule has 0 atom stereocenters. The number of carbonyl (C=O) groups excluding carboxylic acids is 1. The number of nitrogens with one attached hydrogen (secondary N) is 1. The Morgan fingerprint density at radius 1 is 1.40 bits per heavy atom. The Hall–Kier alpha value is -1.11. The maximum atomic E-state index is 12.2. The fraction of sp³-hybridized carbons (Fsp3) is 0.429. The Balaban J connectivity index is 1.80. The van der Waals surface area contributed by atoms with Gasteiger partial charge in [-0.15, -0.1) is 0 Å². The van der Waals surface area contributed by atoms with Gasteiger partial charge in [0.15, 0.2) is 5.13 Å². The van der Waals surface area contributed by atoms with Gasteiger partial charge in [0, 0.05) is 0 Å². The van der Waals surface area contributed by atoms with Crippen molar-refractivity contribution in [3.8, 4) is 0 Å². The molecule has 0 aliphatic carbocycles. The lowest BCUT2D eigenvalue weighted by Crippen LogP contribution is -2.45. The molecule has 0 unspecified atom stereocenters. The van der Waals surface area contributed by atoms with Gasteiger partial charge in [-0.1, -0.05) is 17.4 Å². The molecule has 3 rings (SSSR count). The van der Waals surface area contributed by atoms with Crippen molar-refractivity contribution >= 4 is 44.4 Å². The first-order valence-corrected chi connectivity index (χ1v) is 8.53. The van der Waals surface area contributed by atoms with Crippen LogP contribution in [0.15, 0.2) is 18.2 Å². The first kappa shape index (κ1) is 13.9. The molecule has 2 heterocycles. The minimum atomic E-state index is -1.24. The maximum absolute atomic E-state index is 12.2. The summed E-state index contributed by atoms with van der Waals surface area (Å²) in [5.74, 6) is 1.32. The van der Waals surface area contributed by atoms with Gasteiger partial charge in [-0.3, -0.25) is 10.1 Å². The van der Waals surface area contributed by atoms with E-state index in [0.717, 1.165) is 21.7 Å². The summed E-state index contributed by atoms with van der Waals surface area (Å²) in [5.41, 5.74) is 0.808. The van der Waals surface area contributed by atoms with E-state index in [1.807, 2.05) is 19.1 Å². The summed E-state index contributed by atoms with van der Waals surface area (Å²) < 4.78 is 1.05. The summed E-state index contributed by atoms with van der Waals surface area (Å²) in [4.78, 5) is 16.6. The van der Waals surface area contributed by atoms with Crippen molar-refractivity contribution in [2.75, 3.05) is 16.8 Å². The molecule has 1 amide bonds. The second-order valence-electron chi connectivity index (χ2n) is 5.09. The molecule has 1 fully saturated rings. The zero-order chi connectivity index (χ0) is 14.2. The molecule has 1 aliphatic rings. The van der Waals surface area contributed by atoms with E-state index in [1.165, 1.54) is 16.9 Å². The van der Waals surface area contributed by atoms with Crippen LogP contribution in [0.1, 0.15) is 18.4 Å². The van der Waals surface area contributed by atoms with Crippen LogP contribution in [0.5, 0.6) is 0 Å². The Bertz CT molecular complexity index is 648. The van der Waals surface area contributed by atoms with Crippen molar-refractivity contribution in [3.63, 3.8) is 0 Å². The van der Waals surface area contributed by atoms with E-state index in [1.54, 1.807) is 11.8 Å². The van der Waals surface area contributed by atoms with Crippen LogP contribution in [-0.4, -0.2) is 33.1 Å². The van der Waals surface area contributed by atoms with Crippen molar-refractivity contribution in [1.82, 2.24) is 4.98 Å². The lowest BCUT2D eigenvalue weighted by Gasteiger charge is -2.29. The van der Waals surface area contributed by atoms with E-state index in [4.69, 9.17) is 0 Å². The summed E-state index contributed by atoms with van der Waals surface area (Å²) >= 11 is 3.22. The van der Waals surface area contributed by atoms with Crippen LogP contribution in [-0.2, 0) is 4.79 Å². The molecule has 2 N–H and O–H groups in total. The largest absolute Gasteiger partial charge is 0.380 e. The van der Waals surface area contributed by atoms with Gasteiger partial charge in [0.2, 0.25) is 0 Å². The second-order valence-corrected chi connectivity index (χ2v) is 7.34. The molecule has 0 spiro atoms. The van der Waals surface area contributed by atoms with E-state index >= 15 is 0 Å². The third-order valence-electron chi connectivity index (χ3n) is 3.51. The van der Waals surface area contributed by atoms with Crippen LogP contribution in [0.3, 0.4) is 0 Å². The van der Waals surface area contributed by atoms with E-state index < -0.39 is 5.60 Å². The van der Waals surface area contributed by atoms with Crippen LogP contribution in [0.25, 0.3) is 10.2 Å². The number of fused-ring (bicyclic) bond motifs is 1. The van der Waals surface area contributed by atoms with Crippen molar-refractivity contribution in [2.45, 2.75) is 25.4 Å². The van der Waals surface area contributed by atoms with E-state index in [2.05, 4.69) is 16.4 Å². The van der Waals surface area contributed by atoms with Crippen molar-refractivity contribution in [1.29, 1.82) is 0 Å². The number of aromatic nitrogens is 1. The molecule has 0 saturated carbocycles. The van der Waals surface area contributed by atoms with Crippen LogP contribution >= 0.6 is 23.1 Å². The molecule has 0 bridgehead atoms. The fourth-order valence-corrected chi connectivity index (χ4v) is 4.36. The Morgan fingerprint density at radius 2 is 2.15 bits per heavy atom. The molecule has 1 aromatic heterocycles. The number of nitrogens with zero attached hydrogens (tertiary/aromatic N) is 1. The maximum Gasteiger partial charge on any atom is 0.258 e. The molecule has 1 aromatic carbocycles. The lowest BCUT2D eigenvalue weighted by atomic mass is 9.96. The summed E-state index contributed by atoms with van der Waals surface area (Å²) in [6.45, 7) is 2.03. The van der Waals surface area contributed by atoms with Gasteiger partial charge in [-0.05, 0) is 49.0 Å².